The van der Waals surface area contributed by atoms with Gasteiger partial charge in [0.2, 0.25) is 0 Å². The van der Waals surface area contributed by atoms with Gasteiger partial charge in [-0.2, -0.15) is 13.2 Å². The van der Waals surface area contributed by atoms with E-state index in [-0.39, 0.29) is 6.42 Å². The SMILES string of the molecule is FC(F)(F)[C@@H]1CCNc2ccccc21. The number of hydrogen-bond donors (Lipinski definition) is 1. The molecule has 0 aromatic heterocycles. The van der Waals surface area contributed by atoms with E-state index >= 15 is 0 Å². The number of fused-ring (bicyclic) bond motifs is 1. The van der Waals surface area contributed by atoms with Crippen LogP contribution in [0.1, 0.15) is 17.9 Å². The van der Waals surface area contributed by atoms with E-state index in [0.717, 1.165) is 0 Å². The molecule has 0 bridgehead atoms. The zero-order chi connectivity index (χ0) is 10.2. The van der Waals surface area contributed by atoms with Gasteiger partial charge in [0.1, 0.15) is 0 Å². The number of halogens is 3. The Hall–Kier alpha value is -1.19. The van der Waals surface area contributed by atoms with Gasteiger partial charge in [0.15, 0.2) is 0 Å². The third-order valence-corrected chi connectivity index (χ3v) is 2.48. The number of rotatable bonds is 0. The molecule has 1 aromatic carbocycles. The average Bonchev–Trinajstić information content (AvgIpc) is 2.15. The number of alkyl halides is 3. The molecule has 0 amide bonds. The summed E-state index contributed by atoms with van der Waals surface area (Å²) in [6.07, 6.45) is -4.00. The van der Waals surface area contributed by atoms with Gasteiger partial charge in [-0.25, -0.2) is 0 Å². The lowest BCUT2D eigenvalue weighted by molar-refractivity contribution is -0.151. The summed E-state index contributed by atoms with van der Waals surface area (Å²) in [5.74, 6) is -1.31. The summed E-state index contributed by atoms with van der Waals surface area (Å²) in [4.78, 5) is 0. The second kappa shape index (κ2) is 3.19. The molecule has 14 heavy (non-hydrogen) atoms. The van der Waals surface area contributed by atoms with Crippen LogP contribution in [0.15, 0.2) is 24.3 Å². The molecule has 4 heteroatoms. The summed E-state index contributed by atoms with van der Waals surface area (Å²) in [7, 11) is 0. The van der Waals surface area contributed by atoms with E-state index in [1.807, 2.05) is 0 Å². The molecule has 1 aromatic rings. The molecule has 1 heterocycles. The highest BCUT2D eigenvalue weighted by molar-refractivity contribution is 5.55. The van der Waals surface area contributed by atoms with E-state index < -0.39 is 12.1 Å². The molecule has 76 valence electrons. The second-order valence-corrected chi connectivity index (χ2v) is 3.40. The summed E-state index contributed by atoms with van der Waals surface area (Å²) in [5.41, 5.74) is 0.979. The van der Waals surface area contributed by atoms with Gasteiger partial charge in [0.25, 0.3) is 0 Å². The van der Waals surface area contributed by atoms with E-state index in [4.69, 9.17) is 0 Å². The predicted octanol–water partition coefficient (Wildman–Crippen LogP) is 3.15. The van der Waals surface area contributed by atoms with Crippen molar-refractivity contribution < 1.29 is 13.2 Å². The Bertz CT molecular complexity index is 332. The van der Waals surface area contributed by atoms with E-state index in [1.54, 1.807) is 24.3 Å². The third kappa shape index (κ3) is 1.56. The van der Waals surface area contributed by atoms with Crippen molar-refractivity contribution in [3.05, 3.63) is 29.8 Å². The highest BCUT2D eigenvalue weighted by Gasteiger charge is 2.42. The molecule has 0 radical (unpaired) electrons. The molecule has 1 N–H and O–H groups in total. The molecule has 0 saturated heterocycles. The Morgan fingerprint density at radius 2 is 1.93 bits per heavy atom. The van der Waals surface area contributed by atoms with Crippen LogP contribution in [-0.2, 0) is 0 Å². The van der Waals surface area contributed by atoms with Crippen molar-refractivity contribution in [1.82, 2.24) is 0 Å². The molecule has 0 saturated carbocycles. The van der Waals surface area contributed by atoms with Gasteiger partial charge in [-0.1, -0.05) is 18.2 Å². The zero-order valence-corrected chi connectivity index (χ0v) is 7.43. The average molecular weight is 201 g/mol. The molecule has 0 spiro atoms. The molecule has 1 aliphatic rings. The predicted molar refractivity (Wildman–Crippen MR) is 48.3 cm³/mol. The number of nitrogens with one attached hydrogen (secondary N) is 1. The fourth-order valence-electron chi connectivity index (χ4n) is 1.81. The summed E-state index contributed by atoms with van der Waals surface area (Å²) in [5, 5.41) is 2.96. The van der Waals surface area contributed by atoms with Crippen molar-refractivity contribution in [2.24, 2.45) is 0 Å². The van der Waals surface area contributed by atoms with Crippen LogP contribution in [0.3, 0.4) is 0 Å². The Kier molecular flexibility index (Phi) is 2.13. The number of benzene rings is 1. The molecular weight excluding hydrogens is 191 g/mol. The molecular formula is C10H10F3N. The number of hydrogen-bond acceptors (Lipinski definition) is 1. The highest BCUT2D eigenvalue weighted by atomic mass is 19.4. The second-order valence-electron chi connectivity index (χ2n) is 3.40. The summed E-state index contributed by atoms with van der Waals surface area (Å²) >= 11 is 0. The fourth-order valence-corrected chi connectivity index (χ4v) is 1.81. The van der Waals surface area contributed by atoms with Crippen LogP contribution in [-0.4, -0.2) is 12.7 Å². The Morgan fingerprint density at radius 1 is 1.21 bits per heavy atom. The van der Waals surface area contributed by atoms with E-state index in [9.17, 15) is 13.2 Å². The smallest absolute Gasteiger partial charge is 0.385 e. The minimum atomic E-state index is -4.13. The van der Waals surface area contributed by atoms with E-state index in [1.165, 1.54) is 0 Å². The van der Waals surface area contributed by atoms with Crippen molar-refractivity contribution >= 4 is 5.69 Å². The lowest BCUT2D eigenvalue weighted by atomic mass is 9.90. The lowest BCUT2D eigenvalue weighted by Crippen LogP contribution is -2.27. The molecule has 0 fully saturated rings. The van der Waals surface area contributed by atoms with Gasteiger partial charge in [0, 0.05) is 12.2 Å². The molecule has 1 atom stereocenters. The first-order valence-corrected chi connectivity index (χ1v) is 4.48. The molecule has 1 aliphatic heterocycles. The van der Waals surface area contributed by atoms with E-state index in [2.05, 4.69) is 5.32 Å². The Labute approximate surface area is 79.9 Å². The first-order chi connectivity index (χ1) is 6.59. The lowest BCUT2D eigenvalue weighted by Gasteiger charge is -2.28. The normalized spacial score (nSPS) is 21.2. The van der Waals surface area contributed by atoms with Gasteiger partial charge >= 0.3 is 6.18 Å². The highest BCUT2D eigenvalue weighted by Crippen LogP contribution is 2.42. The molecule has 2 rings (SSSR count). The number of para-hydroxylation sites is 1. The largest absolute Gasteiger partial charge is 0.395 e. The Balaban J connectivity index is 2.41. The maximum atomic E-state index is 12.6. The molecule has 0 aliphatic carbocycles. The van der Waals surface area contributed by atoms with Crippen LogP contribution in [0.25, 0.3) is 0 Å². The van der Waals surface area contributed by atoms with Crippen molar-refractivity contribution in [2.75, 3.05) is 11.9 Å². The minimum absolute atomic E-state index is 0.126. The van der Waals surface area contributed by atoms with Crippen LogP contribution < -0.4 is 5.32 Å². The monoisotopic (exact) mass is 201 g/mol. The number of anilines is 1. The minimum Gasteiger partial charge on any atom is -0.385 e. The van der Waals surface area contributed by atoms with Gasteiger partial charge < -0.3 is 5.32 Å². The van der Waals surface area contributed by atoms with Crippen LogP contribution in [0.2, 0.25) is 0 Å². The molecule has 0 unspecified atom stereocenters. The van der Waals surface area contributed by atoms with Gasteiger partial charge in [0.05, 0.1) is 5.92 Å². The van der Waals surface area contributed by atoms with Crippen LogP contribution in [0.5, 0.6) is 0 Å². The quantitative estimate of drug-likeness (QED) is 0.679. The topological polar surface area (TPSA) is 12.0 Å². The first-order valence-electron chi connectivity index (χ1n) is 4.48. The maximum absolute atomic E-state index is 12.6. The first kappa shape index (κ1) is 9.37. The zero-order valence-electron chi connectivity index (χ0n) is 7.43. The van der Waals surface area contributed by atoms with Crippen molar-refractivity contribution in [3.8, 4) is 0 Å². The summed E-state index contributed by atoms with van der Waals surface area (Å²) < 4.78 is 37.8. The third-order valence-electron chi connectivity index (χ3n) is 2.48. The van der Waals surface area contributed by atoms with Crippen LogP contribution >= 0.6 is 0 Å². The van der Waals surface area contributed by atoms with Gasteiger partial charge in [-0.05, 0) is 18.1 Å². The van der Waals surface area contributed by atoms with Crippen LogP contribution in [0, 0.1) is 0 Å². The van der Waals surface area contributed by atoms with Crippen molar-refractivity contribution in [1.29, 1.82) is 0 Å². The molecule has 1 nitrogen and oxygen atoms in total. The summed E-state index contributed by atoms with van der Waals surface area (Å²) in [6, 6.07) is 6.61. The fraction of sp³-hybridized carbons (Fsp3) is 0.400. The Morgan fingerprint density at radius 3 is 2.64 bits per heavy atom. The van der Waals surface area contributed by atoms with Crippen LogP contribution in [0.4, 0.5) is 18.9 Å². The van der Waals surface area contributed by atoms with Crippen molar-refractivity contribution in [2.45, 2.75) is 18.5 Å². The van der Waals surface area contributed by atoms with Gasteiger partial charge in [-0.15, -0.1) is 0 Å². The van der Waals surface area contributed by atoms with Gasteiger partial charge in [-0.3, -0.25) is 0 Å². The standard InChI is InChI=1S/C10H10F3N/c11-10(12,13)8-5-6-14-9-4-2-1-3-7(8)9/h1-4,8,14H,5-6H2/t8-/m1/s1. The maximum Gasteiger partial charge on any atom is 0.395 e. The summed E-state index contributed by atoms with van der Waals surface area (Å²) in [6.45, 7) is 0.390. The van der Waals surface area contributed by atoms with E-state index in [0.29, 0.717) is 17.8 Å². The van der Waals surface area contributed by atoms with Crippen molar-refractivity contribution in [3.63, 3.8) is 0 Å².